The number of hydrogen-bond donors (Lipinski definition) is 2. The minimum absolute atomic E-state index is 0.225. The van der Waals surface area contributed by atoms with Crippen molar-refractivity contribution < 1.29 is 19.4 Å². The van der Waals surface area contributed by atoms with E-state index in [2.05, 4.69) is 5.32 Å². The summed E-state index contributed by atoms with van der Waals surface area (Å²) < 4.78 is 5.83. The molecule has 22 heavy (non-hydrogen) atoms. The van der Waals surface area contributed by atoms with Crippen LogP contribution in [0.25, 0.3) is 0 Å². The summed E-state index contributed by atoms with van der Waals surface area (Å²) in [4.78, 5) is 25.1. The summed E-state index contributed by atoms with van der Waals surface area (Å²) in [5, 5.41) is 11.0. The average molecular weight is 298 g/mol. The summed E-state index contributed by atoms with van der Waals surface area (Å²) in [6.45, 7) is 2.36. The number of anilines is 2. The summed E-state index contributed by atoms with van der Waals surface area (Å²) in [5.41, 5.74) is 1.34. The van der Waals surface area contributed by atoms with E-state index in [4.69, 9.17) is 9.84 Å². The molecule has 112 valence electrons. The minimum atomic E-state index is -1.18. The van der Waals surface area contributed by atoms with Crippen molar-refractivity contribution in [3.63, 3.8) is 0 Å². The molecule has 0 aliphatic carbocycles. The van der Waals surface area contributed by atoms with Crippen molar-refractivity contribution in [1.82, 2.24) is 0 Å². The first kappa shape index (κ1) is 13.9. The van der Waals surface area contributed by atoms with Crippen molar-refractivity contribution >= 4 is 23.4 Å². The Morgan fingerprint density at radius 3 is 2.73 bits per heavy atom. The van der Waals surface area contributed by atoms with Gasteiger partial charge in [-0.3, -0.25) is 10.1 Å². The van der Waals surface area contributed by atoms with Crippen molar-refractivity contribution in [3.05, 3.63) is 48.0 Å². The molecule has 0 aromatic heterocycles. The van der Waals surface area contributed by atoms with Crippen molar-refractivity contribution in [2.75, 3.05) is 16.8 Å². The lowest BCUT2D eigenvalue weighted by Crippen LogP contribution is -2.29. The molecular formula is C16H14N2O4. The number of carbonyl (C=O) groups is 2. The molecule has 0 bridgehead atoms. The maximum absolute atomic E-state index is 12.7. The van der Waals surface area contributed by atoms with E-state index in [9.17, 15) is 9.59 Å². The lowest BCUT2D eigenvalue weighted by atomic mass is 10.1. The summed E-state index contributed by atoms with van der Waals surface area (Å²) >= 11 is 0. The van der Waals surface area contributed by atoms with Gasteiger partial charge in [-0.25, -0.2) is 4.79 Å². The predicted molar refractivity (Wildman–Crippen MR) is 82.0 cm³/mol. The molecule has 0 unspecified atom stereocenters. The first-order chi connectivity index (χ1) is 10.6. The third-order valence-corrected chi connectivity index (χ3v) is 3.40. The SMILES string of the molecule is CCN1C(=O)c2cc(NC(=O)O)ccc2Oc2ccccc21. The van der Waals surface area contributed by atoms with Gasteiger partial charge >= 0.3 is 6.09 Å². The van der Waals surface area contributed by atoms with Crippen LogP contribution in [0.4, 0.5) is 16.2 Å². The molecule has 1 aliphatic rings. The number of amides is 2. The number of ether oxygens (including phenoxy) is 1. The predicted octanol–water partition coefficient (Wildman–Crippen LogP) is 3.55. The molecule has 3 rings (SSSR count). The summed E-state index contributed by atoms with van der Waals surface area (Å²) in [7, 11) is 0. The zero-order valence-electron chi connectivity index (χ0n) is 11.9. The second kappa shape index (κ2) is 5.40. The molecule has 2 amide bonds. The maximum Gasteiger partial charge on any atom is 0.409 e. The molecule has 2 N–H and O–H groups in total. The maximum atomic E-state index is 12.7. The molecule has 0 fully saturated rings. The lowest BCUT2D eigenvalue weighted by Gasteiger charge is -2.19. The van der Waals surface area contributed by atoms with Crippen LogP contribution in [0.5, 0.6) is 11.5 Å². The van der Waals surface area contributed by atoms with Crippen molar-refractivity contribution in [3.8, 4) is 11.5 Å². The monoisotopic (exact) mass is 298 g/mol. The molecule has 0 radical (unpaired) electrons. The minimum Gasteiger partial charge on any atom is -0.465 e. The molecule has 0 saturated heterocycles. The molecule has 2 aromatic carbocycles. The van der Waals surface area contributed by atoms with E-state index in [1.807, 2.05) is 25.1 Å². The second-order valence-corrected chi connectivity index (χ2v) is 4.76. The van der Waals surface area contributed by atoms with Gasteiger partial charge in [-0.2, -0.15) is 0 Å². The Labute approximate surface area is 126 Å². The van der Waals surface area contributed by atoms with E-state index >= 15 is 0 Å². The fourth-order valence-electron chi connectivity index (χ4n) is 2.44. The van der Waals surface area contributed by atoms with E-state index in [0.717, 1.165) is 0 Å². The van der Waals surface area contributed by atoms with Gasteiger partial charge in [0, 0.05) is 12.2 Å². The van der Waals surface area contributed by atoms with Crippen LogP contribution in [0, 0.1) is 0 Å². The molecule has 2 aromatic rings. The zero-order valence-corrected chi connectivity index (χ0v) is 11.9. The second-order valence-electron chi connectivity index (χ2n) is 4.76. The van der Waals surface area contributed by atoms with Gasteiger partial charge in [-0.1, -0.05) is 12.1 Å². The molecule has 0 atom stereocenters. The molecule has 6 heteroatoms. The molecular weight excluding hydrogens is 284 g/mol. The fraction of sp³-hybridized carbons (Fsp3) is 0.125. The Kier molecular flexibility index (Phi) is 3.42. The van der Waals surface area contributed by atoms with Crippen LogP contribution in [-0.4, -0.2) is 23.7 Å². The van der Waals surface area contributed by atoms with E-state index in [1.54, 1.807) is 23.1 Å². The third kappa shape index (κ3) is 2.35. The molecule has 6 nitrogen and oxygen atoms in total. The van der Waals surface area contributed by atoms with Gasteiger partial charge in [-0.15, -0.1) is 0 Å². The van der Waals surface area contributed by atoms with Crippen molar-refractivity contribution in [2.45, 2.75) is 6.92 Å². The van der Waals surface area contributed by atoms with Crippen LogP contribution in [0.1, 0.15) is 17.3 Å². The Hall–Kier alpha value is -3.02. The summed E-state index contributed by atoms with van der Waals surface area (Å²) in [5.74, 6) is 0.774. The Balaban J connectivity index is 2.11. The van der Waals surface area contributed by atoms with Gasteiger partial charge in [-0.05, 0) is 37.3 Å². The number of rotatable bonds is 2. The van der Waals surface area contributed by atoms with Crippen molar-refractivity contribution in [2.24, 2.45) is 0 Å². The van der Waals surface area contributed by atoms with E-state index in [-0.39, 0.29) is 5.91 Å². The zero-order chi connectivity index (χ0) is 15.7. The average Bonchev–Trinajstić information content (AvgIpc) is 2.61. The number of hydrogen-bond acceptors (Lipinski definition) is 3. The van der Waals surface area contributed by atoms with Crippen LogP contribution < -0.4 is 15.0 Å². The smallest absolute Gasteiger partial charge is 0.409 e. The number of nitrogens with zero attached hydrogens (tertiary/aromatic N) is 1. The van der Waals surface area contributed by atoms with E-state index < -0.39 is 6.09 Å². The van der Waals surface area contributed by atoms with Crippen LogP contribution in [0.2, 0.25) is 0 Å². The normalized spacial score (nSPS) is 12.8. The number of carbonyl (C=O) groups excluding carboxylic acids is 1. The highest BCUT2D eigenvalue weighted by molar-refractivity contribution is 6.10. The lowest BCUT2D eigenvalue weighted by molar-refractivity contribution is 0.0988. The number of fused-ring (bicyclic) bond motifs is 2. The summed E-state index contributed by atoms with van der Waals surface area (Å²) in [6, 6.07) is 11.9. The highest BCUT2D eigenvalue weighted by Crippen LogP contribution is 2.39. The van der Waals surface area contributed by atoms with E-state index in [1.165, 1.54) is 6.07 Å². The van der Waals surface area contributed by atoms with Gasteiger partial charge in [0.15, 0.2) is 5.75 Å². The quantitative estimate of drug-likeness (QED) is 0.888. The number of para-hydroxylation sites is 2. The van der Waals surface area contributed by atoms with Crippen LogP contribution in [-0.2, 0) is 0 Å². The molecule has 0 saturated carbocycles. The summed E-state index contributed by atoms with van der Waals surface area (Å²) in [6.07, 6.45) is -1.18. The van der Waals surface area contributed by atoms with Crippen molar-refractivity contribution in [1.29, 1.82) is 0 Å². The highest BCUT2D eigenvalue weighted by Gasteiger charge is 2.27. The first-order valence-electron chi connectivity index (χ1n) is 6.83. The Bertz CT molecular complexity index is 758. The Morgan fingerprint density at radius 1 is 1.23 bits per heavy atom. The third-order valence-electron chi connectivity index (χ3n) is 3.40. The Morgan fingerprint density at radius 2 is 2.00 bits per heavy atom. The molecule has 1 heterocycles. The van der Waals surface area contributed by atoms with Crippen LogP contribution in [0.15, 0.2) is 42.5 Å². The van der Waals surface area contributed by atoms with Gasteiger partial charge < -0.3 is 14.7 Å². The van der Waals surface area contributed by atoms with Gasteiger partial charge in [0.05, 0.1) is 11.3 Å². The number of benzene rings is 2. The first-order valence-corrected chi connectivity index (χ1v) is 6.83. The van der Waals surface area contributed by atoms with Gasteiger partial charge in [0.2, 0.25) is 0 Å². The standard InChI is InChI=1S/C16H14N2O4/c1-2-18-12-5-3-4-6-14(12)22-13-8-7-10(17-16(20)21)9-11(13)15(18)19/h3-9,17H,2H2,1H3,(H,20,21). The fourth-order valence-corrected chi connectivity index (χ4v) is 2.44. The topological polar surface area (TPSA) is 78.9 Å². The number of nitrogens with one attached hydrogen (secondary N) is 1. The van der Waals surface area contributed by atoms with E-state index in [0.29, 0.717) is 35.0 Å². The highest BCUT2D eigenvalue weighted by atomic mass is 16.5. The van der Waals surface area contributed by atoms with Crippen LogP contribution >= 0.6 is 0 Å². The van der Waals surface area contributed by atoms with Crippen LogP contribution in [0.3, 0.4) is 0 Å². The largest absolute Gasteiger partial charge is 0.465 e. The molecule has 0 spiro atoms. The number of carboxylic acid groups (broad SMARTS) is 1. The van der Waals surface area contributed by atoms with Gasteiger partial charge in [0.1, 0.15) is 5.75 Å². The molecule has 1 aliphatic heterocycles. The van der Waals surface area contributed by atoms with Gasteiger partial charge in [0.25, 0.3) is 5.91 Å².